The van der Waals surface area contributed by atoms with Crippen LogP contribution in [0.2, 0.25) is 10.0 Å². The molecule has 1 atom stereocenters. The fraction of sp³-hybridized carbons (Fsp3) is 0.467. The maximum atomic E-state index is 12.7. The molecule has 21 heavy (non-hydrogen) atoms. The number of hydrogen-bond donors (Lipinski definition) is 1. The molecule has 1 amide bonds. The predicted molar refractivity (Wildman–Crippen MR) is 82.0 cm³/mol. The molecule has 0 aromatic heterocycles. The SMILES string of the molecule is CCCC1(C(=O)O)CCCN1C(=O)c1ccc(Cl)cc1Cl. The van der Waals surface area contributed by atoms with E-state index in [0.29, 0.717) is 42.8 Å². The monoisotopic (exact) mass is 329 g/mol. The van der Waals surface area contributed by atoms with Gasteiger partial charge in [-0.25, -0.2) is 4.79 Å². The second-order valence-corrected chi connectivity index (χ2v) is 6.11. The van der Waals surface area contributed by atoms with Crippen molar-refractivity contribution in [1.82, 2.24) is 4.90 Å². The lowest BCUT2D eigenvalue weighted by molar-refractivity contribution is -0.148. The summed E-state index contributed by atoms with van der Waals surface area (Å²) in [5.41, 5.74) is -0.820. The molecular formula is C15H17Cl2NO3. The smallest absolute Gasteiger partial charge is 0.329 e. The number of carbonyl (C=O) groups is 2. The minimum absolute atomic E-state index is 0.246. The highest BCUT2D eigenvalue weighted by Gasteiger charge is 2.49. The van der Waals surface area contributed by atoms with Crippen LogP contribution < -0.4 is 0 Å². The van der Waals surface area contributed by atoms with Crippen LogP contribution >= 0.6 is 23.2 Å². The third kappa shape index (κ3) is 2.87. The van der Waals surface area contributed by atoms with Gasteiger partial charge in [-0.05, 0) is 37.5 Å². The fourth-order valence-electron chi connectivity index (χ4n) is 2.99. The average Bonchev–Trinajstić information content (AvgIpc) is 2.83. The van der Waals surface area contributed by atoms with Crippen molar-refractivity contribution in [2.75, 3.05) is 6.54 Å². The normalized spacial score (nSPS) is 21.6. The average molecular weight is 330 g/mol. The fourth-order valence-corrected chi connectivity index (χ4v) is 3.48. The second-order valence-electron chi connectivity index (χ2n) is 5.27. The Kier molecular flexibility index (Phi) is 4.79. The molecule has 1 saturated heterocycles. The minimum atomic E-state index is -1.12. The van der Waals surface area contributed by atoms with E-state index in [4.69, 9.17) is 23.2 Å². The number of carbonyl (C=O) groups excluding carboxylic acids is 1. The van der Waals surface area contributed by atoms with Crippen molar-refractivity contribution in [3.05, 3.63) is 33.8 Å². The molecule has 1 unspecified atom stereocenters. The van der Waals surface area contributed by atoms with Gasteiger partial charge >= 0.3 is 5.97 Å². The number of carboxylic acid groups (broad SMARTS) is 1. The number of halogens is 2. The summed E-state index contributed by atoms with van der Waals surface area (Å²) < 4.78 is 0. The Hall–Kier alpha value is -1.26. The molecule has 1 fully saturated rings. The van der Waals surface area contributed by atoms with Crippen molar-refractivity contribution in [3.63, 3.8) is 0 Å². The maximum Gasteiger partial charge on any atom is 0.329 e. The molecule has 1 aromatic rings. The van der Waals surface area contributed by atoms with Crippen LogP contribution in [0, 0.1) is 0 Å². The number of amides is 1. The number of rotatable bonds is 4. The van der Waals surface area contributed by atoms with Crippen LogP contribution in [-0.4, -0.2) is 34.0 Å². The molecule has 4 nitrogen and oxygen atoms in total. The zero-order valence-electron chi connectivity index (χ0n) is 11.7. The van der Waals surface area contributed by atoms with E-state index in [2.05, 4.69) is 0 Å². The highest BCUT2D eigenvalue weighted by Crippen LogP contribution is 2.36. The van der Waals surface area contributed by atoms with Gasteiger partial charge in [0.15, 0.2) is 0 Å². The number of aliphatic carboxylic acids is 1. The Morgan fingerprint density at radius 2 is 2.10 bits per heavy atom. The maximum absolute atomic E-state index is 12.7. The van der Waals surface area contributed by atoms with Crippen molar-refractivity contribution in [2.45, 2.75) is 38.1 Å². The summed E-state index contributed by atoms with van der Waals surface area (Å²) in [6.45, 7) is 2.35. The highest BCUT2D eigenvalue weighted by molar-refractivity contribution is 6.36. The van der Waals surface area contributed by atoms with E-state index in [9.17, 15) is 14.7 Å². The topological polar surface area (TPSA) is 57.6 Å². The lowest BCUT2D eigenvalue weighted by Crippen LogP contribution is -2.53. The van der Waals surface area contributed by atoms with Crippen molar-refractivity contribution >= 4 is 35.1 Å². The first-order chi connectivity index (χ1) is 9.92. The number of nitrogens with zero attached hydrogens (tertiary/aromatic N) is 1. The van der Waals surface area contributed by atoms with Gasteiger partial charge in [0.25, 0.3) is 5.91 Å². The van der Waals surface area contributed by atoms with Gasteiger partial charge in [-0.1, -0.05) is 36.5 Å². The van der Waals surface area contributed by atoms with Gasteiger partial charge < -0.3 is 10.0 Å². The summed E-state index contributed by atoms with van der Waals surface area (Å²) in [5, 5.41) is 10.3. The van der Waals surface area contributed by atoms with Crippen molar-refractivity contribution in [1.29, 1.82) is 0 Å². The summed E-state index contributed by atoms with van der Waals surface area (Å²) in [6.07, 6.45) is 2.31. The van der Waals surface area contributed by atoms with E-state index in [1.54, 1.807) is 12.1 Å². The zero-order chi connectivity index (χ0) is 15.6. The molecule has 1 aliphatic heterocycles. The third-order valence-electron chi connectivity index (χ3n) is 3.96. The third-order valence-corrected chi connectivity index (χ3v) is 4.50. The quantitative estimate of drug-likeness (QED) is 0.912. The number of carboxylic acids is 1. The Labute approximate surface area is 133 Å². The molecule has 0 aliphatic carbocycles. The van der Waals surface area contributed by atoms with Crippen LogP contribution in [0.3, 0.4) is 0 Å². The Bertz CT molecular complexity index is 576. The summed E-state index contributed by atoms with van der Waals surface area (Å²) in [6, 6.07) is 4.62. The summed E-state index contributed by atoms with van der Waals surface area (Å²) in [5.74, 6) is -1.29. The molecule has 2 rings (SSSR count). The van der Waals surface area contributed by atoms with E-state index in [1.165, 1.54) is 11.0 Å². The predicted octanol–water partition coefficient (Wildman–Crippen LogP) is 3.85. The second kappa shape index (κ2) is 6.24. The number of hydrogen-bond acceptors (Lipinski definition) is 2. The Morgan fingerprint density at radius 3 is 2.67 bits per heavy atom. The van der Waals surface area contributed by atoms with E-state index < -0.39 is 11.5 Å². The highest BCUT2D eigenvalue weighted by atomic mass is 35.5. The van der Waals surface area contributed by atoms with E-state index >= 15 is 0 Å². The van der Waals surface area contributed by atoms with E-state index in [0.717, 1.165) is 0 Å². The first-order valence-electron chi connectivity index (χ1n) is 6.93. The molecule has 1 heterocycles. The largest absolute Gasteiger partial charge is 0.479 e. The van der Waals surface area contributed by atoms with E-state index in [-0.39, 0.29) is 10.9 Å². The molecule has 0 radical (unpaired) electrons. The molecule has 114 valence electrons. The Balaban J connectivity index is 2.39. The van der Waals surface area contributed by atoms with Gasteiger partial charge in [-0.3, -0.25) is 4.79 Å². The van der Waals surface area contributed by atoms with Crippen molar-refractivity contribution in [3.8, 4) is 0 Å². The van der Waals surface area contributed by atoms with Gasteiger partial charge in [0, 0.05) is 11.6 Å². The molecule has 0 spiro atoms. The summed E-state index contributed by atoms with van der Waals surface area (Å²) in [4.78, 5) is 25.9. The van der Waals surface area contributed by atoms with Gasteiger partial charge in [0.05, 0.1) is 10.6 Å². The lowest BCUT2D eigenvalue weighted by atomic mass is 9.90. The molecule has 6 heteroatoms. The standard InChI is InChI=1S/C15H17Cl2NO3/c1-2-6-15(14(20)21)7-3-8-18(15)13(19)11-5-4-10(16)9-12(11)17/h4-5,9H,2-3,6-8H2,1H3,(H,20,21). The molecule has 1 N–H and O–H groups in total. The van der Waals surface area contributed by atoms with Crippen LogP contribution in [0.15, 0.2) is 18.2 Å². The number of benzene rings is 1. The van der Waals surface area contributed by atoms with Gasteiger partial charge in [0.2, 0.25) is 0 Å². The van der Waals surface area contributed by atoms with Gasteiger partial charge in [-0.15, -0.1) is 0 Å². The minimum Gasteiger partial charge on any atom is -0.479 e. The molecule has 1 aliphatic rings. The van der Waals surface area contributed by atoms with Crippen LogP contribution in [0.5, 0.6) is 0 Å². The first kappa shape index (κ1) is 16.1. The zero-order valence-corrected chi connectivity index (χ0v) is 13.2. The van der Waals surface area contributed by atoms with Gasteiger partial charge in [0.1, 0.15) is 5.54 Å². The van der Waals surface area contributed by atoms with Crippen LogP contribution in [0.4, 0.5) is 0 Å². The van der Waals surface area contributed by atoms with Crippen LogP contribution in [0.25, 0.3) is 0 Å². The first-order valence-corrected chi connectivity index (χ1v) is 7.68. The van der Waals surface area contributed by atoms with Crippen LogP contribution in [-0.2, 0) is 4.79 Å². The van der Waals surface area contributed by atoms with Crippen LogP contribution in [0.1, 0.15) is 43.0 Å². The van der Waals surface area contributed by atoms with Crippen molar-refractivity contribution in [2.24, 2.45) is 0 Å². The molecule has 1 aromatic carbocycles. The van der Waals surface area contributed by atoms with E-state index in [1.807, 2.05) is 6.92 Å². The molecule has 0 bridgehead atoms. The summed E-state index contributed by atoms with van der Waals surface area (Å²) >= 11 is 11.9. The Morgan fingerprint density at radius 1 is 1.38 bits per heavy atom. The summed E-state index contributed by atoms with van der Waals surface area (Å²) in [7, 11) is 0. The number of likely N-dealkylation sites (tertiary alicyclic amines) is 1. The van der Waals surface area contributed by atoms with Crippen molar-refractivity contribution < 1.29 is 14.7 Å². The lowest BCUT2D eigenvalue weighted by Gasteiger charge is -2.34. The molecule has 0 saturated carbocycles. The van der Waals surface area contributed by atoms with Gasteiger partial charge in [-0.2, -0.15) is 0 Å². The molecular weight excluding hydrogens is 313 g/mol.